The number of nitrogens with zero attached hydrogens (tertiary/aromatic N) is 1. The number of anilines is 1. The minimum Gasteiger partial charge on any atom is -0.493 e. The van der Waals surface area contributed by atoms with Crippen LogP contribution in [0.1, 0.15) is 29.8 Å². The molecule has 0 unspecified atom stereocenters. The number of carbonyl (C=O) groups is 1. The first kappa shape index (κ1) is 25.9. The number of sulfonamides is 1. The average molecular weight is 499 g/mol. The van der Waals surface area contributed by atoms with Gasteiger partial charge in [-0.05, 0) is 67.9 Å². The van der Waals surface area contributed by atoms with Crippen molar-refractivity contribution in [3.8, 4) is 17.2 Å². The van der Waals surface area contributed by atoms with Crippen molar-refractivity contribution in [2.75, 3.05) is 25.6 Å². The van der Waals surface area contributed by atoms with Gasteiger partial charge < -0.3 is 19.5 Å². The second kappa shape index (κ2) is 11.1. The van der Waals surface area contributed by atoms with Gasteiger partial charge in [-0.25, -0.2) is 8.42 Å². The van der Waals surface area contributed by atoms with Gasteiger partial charge in [0.05, 0.1) is 30.9 Å². The van der Waals surface area contributed by atoms with E-state index in [0.29, 0.717) is 29.3 Å². The number of benzene rings is 3. The van der Waals surface area contributed by atoms with Crippen LogP contribution in [-0.2, 0) is 16.6 Å². The van der Waals surface area contributed by atoms with Crippen molar-refractivity contribution in [1.82, 2.24) is 5.32 Å². The fourth-order valence-electron chi connectivity index (χ4n) is 3.34. The highest BCUT2D eigenvalue weighted by Crippen LogP contribution is 2.31. The second-order valence-corrected chi connectivity index (χ2v) is 10.00. The summed E-state index contributed by atoms with van der Waals surface area (Å²) in [6, 6.07) is 18.3. The van der Waals surface area contributed by atoms with E-state index < -0.39 is 10.0 Å². The topological polar surface area (TPSA) is 94.2 Å². The highest BCUT2D eigenvalue weighted by atomic mass is 32.2. The summed E-state index contributed by atoms with van der Waals surface area (Å²) >= 11 is 0. The van der Waals surface area contributed by atoms with E-state index in [4.69, 9.17) is 14.2 Å². The second-order valence-electron chi connectivity index (χ2n) is 8.03. The molecule has 9 heteroatoms. The van der Waals surface area contributed by atoms with Crippen molar-refractivity contribution in [3.05, 3.63) is 77.9 Å². The predicted molar refractivity (Wildman–Crippen MR) is 135 cm³/mol. The maximum atomic E-state index is 13.1. The van der Waals surface area contributed by atoms with Crippen LogP contribution in [0.3, 0.4) is 0 Å². The first-order valence-electron chi connectivity index (χ1n) is 11.0. The van der Waals surface area contributed by atoms with Crippen LogP contribution in [0.25, 0.3) is 0 Å². The molecule has 0 spiro atoms. The molecule has 3 rings (SSSR count). The van der Waals surface area contributed by atoms with Crippen LogP contribution in [-0.4, -0.2) is 41.7 Å². The van der Waals surface area contributed by atoms with E-state index in [1.165, 1.54) is 39.5 Å². The lowest BCUT2D eigenvalue weighted by molar-refractivity contribution is 0.0951. The van der Waals surface area contributed by atoms with Gasteiger partial charge in [0.15, 0.2) is 11.5 Å². The zero-order valence-corrected chi connectivity index (χ0v) is 21.3. The Balaban J connectivity index is 1.67. The highest BCUT2D eigenvalue weighted by Gasteiger charge is 2.23. The summed E-state index contributed by atoms with van der Waals surface area (Å²) in [4.78, 5) is 12.6. The van der Waals surface area contributed by atoms with Crippen molar-refractivity contribution < 1.29 is 27.4 Å². The van der Waals surface area contributed by atoms with E-state index in [9.17, 15) is 13.2 Å². The third-order valence-electron chi connectivity index (χ3n) is 5.25. The molecule has 0 saturated heterocycles. The SMILES string of the molecule is COc1ccc(S(=O)(=O)N(C)c2ccc(C(=O)NCc3ccc(OC(C)C)cc3)cc2)cc1OC. The van der Waals surface area contributed by atoms with Crippen LogP contribution < -0.4 is 23.8 Å². The number of methoxy groups -OCH3 is 2. The molecule has 0 heterocycles. The first-order valence-corrected chi connectivity index (χ1v) is 12.4. The lowest BCUT2D eigenvalue weighted by Gasteiger charge is -2.20. The van der Waals surface area contributed by atoms with E-state index in [1.807, 2.05) is 38.1 Å². The van der Waals surface area contributed by atoms with E-state index in [0.717, 1.165) is 15.6 Å². The molecule has 3 aromatic carbocycles. The molecule has 35 heavy (non-hydrogen) atoms. The third kappa shape index (κ3) is 6.24. The highest BCUT2D eigenvalue weighted by molar-refractivity contribution is 7.92. The Bertz CT molecular complexity index is 1260. The molecular formula is C26H30N2O6S. The summed E-state index contributed by atoms with van der Waals surface area (Å²) < 4.78 is 43.4. The fraction of sp³-hybridized carbons (Fsp3) is 0.269. The van der Waals surface area contributed by atoms with E-state index >= 15 is 0 Å². The minimum atomic E-state index is -3.85. The van der Waals surface area contributed by atoms with Crippen LogP contribution in [0.15, 0.2) is 71.6 Å². The number of ether oxygens (including phenoxy) is 3. The van der Waals surface area contributed by atoms with Crippen molar-refractivity contribution in [2.45, 2.75) is 31.4 Å². The van der Waals surface area contributed by atoms with Crippen LogP contribution in [0, 0.1) is 0 Å². The number of amides is 1. The molecular weight excluding hydrogens is 468 g/mol. The fourth-order valence-corrected chi connectivity index (χ4v) is 4.55. The van der Waals surface area contributed by atoms with Gasteiger partial charge in [0.2, 0.25) is 0 Å². The molecule has 8 nitrogen and oxygen atoms in total. The quantitative estimate of drug-likeness (QED) is 0.449. The average Bonchev–Trinajstić information content (AvgIpc) is 2.86. The van der Waals surface area contributed by atoms with Crippen LogP contribution >= 0.6 is 0 Å². The summed E-state index contributed by atoms with van der Waals surface area (Å²) in [5.41, 5.74) is 1.77. The van der Waals surface area contributed by atoms with E-state index in [-0.39, 0.29) is 16.9 Å². The van der Waals surface area contributed by atoms with Crippen LogP contribution in [0.2, 0.25) is 0 Å². The van der Waals surface area contributed by atoms with Gasteiger partial charge in [-0.3, -0.25) is 9.10 Å². The summed E-state index contributed by atoms with van der Waals surface area (Å²) in [6.45, 7) is 4.28. The van der Waals surface area contributed by atoms with Crippen molar-refractivity contribution in [2.24, 2.45) is 0 Å². The molecule has 0 aliphatic heterocycles. The van der Waals surface area contributed by atoms with Gasteiger partial charge in [0.25, 0.3) is 15.9 Å². The number of hydrogen-bond donors (Lipinski definition) is 1. The minimum absolute atomic E-state index is 0.0595. The Hall–Kier alpha value is -3.72. The van der Waals surface area contributed by atoms with Gasteiger partial charge in [0, 0.05) is 25.2 Å². The maximum absolute atomic E-state index is 13.1. The Kier molecular flexibility index (Phi) is 8.24. The summed E-state index contributed by atoms with van der Waals surface area (Å²) in [6.07, 6.45) is 0.0941. The Labute approximate surface area is 206 Å². The standard InChI is InChI=1S/C26H30N2O6S/c1-18(2)34-22-12-6-19(7-13-22)17-27-26(29)20-8-10-21(11-9-20)28(3)35(30,31)23-14-15-24(32-4)25(16-23)33-5/h6-16,18H,17H2,1-5H3,(H,27,29). The largest absolute Gasteiger partial charge is 0.493 e. The van der Waals surface area contributed by atoms with Crippen LogP contribution in [0.4, 0.5) is 5.69 Å². The molecule has 0 saturated carbocycles. The molecule has 0 atom stereocenters. The Morgan fingerprint density at radius 1 is 0.914 bits per heavy atom. The Morgan fingerprint density at radius 2 is 1.54 bits per heavy atom. The maximum Gasteiger partial charge on any atom is 0.264 e. The van der Waals surface area contributed by atoms with Gasteiger partial charge in [0.1, 0.15) is 5.75 Å². The molecule has 1 amide bonds. The van der Waals surface area contributed by atoms with Crippen molar-refractivity contribution in [3.63, 3.8) is 0 Å². The summed E-state index contributed by atoms with van der Waals surface area (Å²) in [5, 5.41) is 2.87. The van der Waals surface area contributed by atoms with Crippen molar-refractivity contribution >= 4 is 21.6 Å². The molecule has 0 aliphatic carbocycles. The van der Waals surface area contributed by atoms with Gasteiger partial charge in [-0.15, -0.1) is 0 Å². The van der Waals surface area contributed by atoms with E-state index in [2.05, 4.69) is 5.32 Å². The van der Waals surface area contributed by atoms with Crippen molar-refractivity contribution in [1.29, 1.82) is 0 Å². The van der Waals surface area contributed by atoms with Gasteiger partial charge in [-0.2, -0.15) is 0 Å². The lowest BCUT2D eigenvalue weighted by Crippen LogP contribution is -2.27. The molecule has 0 bridgehead atoms. The zero-order valence-electron chi connectivity index (χ0n) is 20.4. The lowest BCUT2D eigenvalue weighted by atomic mass is 10.1. The monoisotopic (exact) mass is 498 g/mol. The number of nitrogens with one attached hydrogen (secondary N) is 1. The van der Waals surface area contributed by atoms with E-state index in [1.54, 1.807) is 24.3 Å². The Morgan fingerprint density at radius 3 is 2.11 bits per heavy atom. The molecule has 186 valence electrons. The molecule has 0 aliphatic rings. The molecule has 0 fully saturated rings. The number of carbonyl (C=O) groups excluding carboxylic acids is 1. The predicted octanol–water partition coefficient (Wildman–Crippen LogP) is 4.25. The van der Waals surface area contributed by atoms with Gasteiger partial charge in [-0.1, -0.05) is 12.1 Å². The first-order chi connectivity index (χ1) is 16.6. The molecule has 0 aromatic heterocycles. The summed E-state index contributed by atoms with van der Waals surface area (Å²) in [7, 11) is 0.522. The summed E-state index contributed by atoms with van der Waals surface area (Å²) in [5.74, 6) is 1.27. The third-order valence-corrected chi connectivity index (χ3v) is 7.04. The molecule has 1 N–H and O–H groups in total. The number of rotatable bonds is 10. The van der Waals surface area contributed by atoms with Crippen LogP contribution in [0.5, 0.6) is 17.2 Å². The normalized spacial score (nSPS) is 11.1. The van der Waals surface area contributed by atoms with Gasteiger partial charge >= 0.3 is 0 Å². The molecule has 0 radical (unpaired) electrons. The number of hydrogen-bond acceptors (Lipinski definition) is 6. The zero-order chi connectivity index (χ0) is 25.6. The smallest absolute Gasteiger partial charge is 0.264 e. The molecule has 3 aromatic rings.